The molecule has 0 saturated carbocycles. The van der Waals surface area contributed by atoms with Gasteiger partial charge in [0.2, 0.25) is 0 Å². The Morgan fingerprint density at radius 1 is 1.67 bits per heavy atom. The van der Waals surface area contributed by atoms with E-state index in [0.717, 1.165) is 17.6 Å². The predicted octanol–water partition coefficient (Wildman–Crippen LogP) is 2.31. The van der Waals surface area contributed by atoms with Crippen molar-refractivity contribution in [1.29, 1.82) is 0 Å². The summed E-state index contributed by atoms with van der Waals surface area (Å²) in [5, 5.41) is 6.43. The molecule has 4 heteroatoms. The van der Waals surface area contributed by atoms with Crippen molar-refractivity contribution in [2.75, 3.05) is 23.4 Å². The highest BCUT2D eigenvalue weighted by molar-refractivity contribution is 7.99. The molecule has 1 unspecified atom stereocenters. The first-order chi connectivity index (χ1) is 5.95. The largest absolute Gasteiger partial charge is 0.361 e. The maximum absolute atomic E-state index is 4.18. The highest BCUT2D eigenvalue weighted by Gasteiger charge is 2.14. The molecule has 0 aromatic carbocycles. The topological polar surface area (TPSA) is 24.9 Å². The third-order valence-electron chi connectivity index (χ3n) is 2.00. The summed E-state index contributed by atoms with van der Waals surface area (Å²) in [6.45, 7) is 1.10. The lowest BCUT2D eigenvalue weighted by atomic mass is 10.1. The summed E-state index contributed by atoms with van der Waals surface area (Å²) in [5.41, 5.74) is 0. The summed E-state index contributed by atoms with van der Waals surface area (Å²) in [5.74, 6) is 3.52. The van der Waals surface area contributed by atoms with E-state index >= 15 is 0 Å². The fraction of sp³-hybridized carbons (Fsp3) is 0.625. The van der Waals surface area contributed by atoms with Crippen LogP contribution in [0.3, 0.4) is 0 Å². The number of rotatable bonds is 3. The molecule has 1 aromatic heterocycles. The van der Waals surface area contributed by atoms with Crippen molar-refractivity contribution in [3.05, 3.63) is 11.6 Å². The Hall–Kier alpha value is -0.220. The number of hydrogen-bond acceptors (Lipinski definition) is 4. The number of nitrogens with zero attached hydrogens (tertiary/aromatic N) is 1. The van der Waals surface area contributed by atoms with Gasteiger partial charge in [-0.25, -0.2) is 4.98 Å². The Morgan fingerprint density at radius 3 is 3.33 bits per heavy atom. The number of aromatic nitrogens is 1. The van der Waals surface area contributed by atoms with Gasteiger partial charge in [0.05, 0.1) is 0 Å². The highest BCUT2D eigenvalue weighted by atomic mass is 32.2. The van der Waals surface area contributed by atoms with Crippen LogP contribution in [0, 0.1) is 5.92 Å². The van der Waals surface area contributed by atoms with Gasteiger partial charge in [-0.2, -0.15) is 11.8 Å². The summed E-state index contributed by atoms with van der Waals surface area (Å²) in [7, 11) is 0. The highest BCUT2D eigenvalue weighted by Crippen LogP contribution is 2.23. The molecule has 1 N–H and O–H groups in total. The lowest BCUT2D eigenvalue weighted by Gasteiger charge is -2.07. The van der Waals surface area contributed by atoms with Crippen molar-refractivity contribution < 1.29 is 0 Å². The lowest BCUT2D eigenvalue weighted by Crippen LogP contribution is -2.12. The van der Waals surface area contributed by atoms with Crippen LogP contribution < -0.4 is 5.32 Å². The number of hydrogen-bond donors (Lipinski definition) is 1. The van der Waals surface area contributed by atoms with E-state index in [4.69, 9.17) is 0 Å². The smallest absolute Gasteiger partial charge is 0.182 e. The Labute approximate surface area is 80.8 Å². The van der Waals surface area contributed by atoms with Crippen LogP contribution in [0.25, 0.3) is 0 Å². The SMILES string of the molecule is c1csc(NCC2CCSC2)n1. The van der Waals surface area contributed by atoms with E-state index in [9.17, 15) is 0 Å². The average molecular weight is 200 g/mol. The molecule has 1 aliphatic heterocycles. The zero-order valence-electron chi connectivity index (χ0n) is 6.82. The van der Waals surface area contributed by atoms with Crippen molar-refractivity contribution >= 4 is 28.2 Å². The molecule has 1 fully saturated rings. The van der Waals surface area contributed by atoms with Gasteiger partial charge in [-0.15, -0.1) is 11.3 Å². The van der Waals surface area contributed by atoms with Crippen LogP contribution in [0.2, 0.25) is 0 Å². The summed E-state index contributed by atoms with van der Waals surface area (Å²) < 4.78 is 0. The third-order valence-corrected chi connectivity index (χ3v) is 3.96. The molecule has 1 atom stereocenters. The quantitative estimate of drug-likeness (QED) is 0.810. The maximum Gasteiger partial charge on any atom is 0.182 e. The van der Waals surface area contributed by atoms with Crippen LogP contribution in [-0.2, 0) is 0 Å². The fourth-order valence-corrected chi connectivity index (χ4v) is 3.11. The minimum Gasteiger partial charge on any atom is -0.361 e. The molecule has 0 bridgehead atoms. The van der Waals surface area contributed by atoms with Crippen molar-refractivity contribution in [2.24, 2.45) is 5.92 Å². The standard InChI is InChI=1S/C8H12N2S2/c1-3-11-6-7(1)5-10-8-9-2-4-12-8/h2,4,7H,1,3,5-6H2,(H,9,10). The van der Waals surface area contributed by atoms with Crippen molar-refractivity contribution in [3.63, 3.8) is 0 Å². The van der Waals surface area contributed by atoms with Crippen LogP contribution in [0.1, 0.15) is 6.42 Å². The Morgan fingerprint density at radius 2 is 2.67 bits per heavy atom. The molecule has 1 saturated heterocycles. The summed E-state index contributed by atoms with van der Waals surface area (Å²) in [6.07, 6.45) is 3.21. The second kappa shape index (κ2) is 4.14. The number of nitrogens with one attached hydrogen (secondary N) is 1. The average Bonchev–Trinajstić information content (AvgIpc) is 2.74. The number of thiazole rings is 1. The molecule has 1 aliphatic rings. The first-order valence-corrected chi connectivity index (χ1v) is 6.19. The minimum absolute atomic E-state index is 0.860. The molecule has 0 spiro atoms. The number of thioether (sulfide) groups is 1. The predicted molar refractivity (Wildman–Crippen MR) is 56.0 cm³/mol. The van der Waals surface area contributed by atoms with E-state index < -0.39 is 0 Å². The minimum atomic E-state index is 0.860. The first kappa shape index (κ1) is 8.38. The summed E-state index contributed by atoms with van der Waals surface area (Å²) in [6, 6.07) is 0. The van der Waals surface area contributed by atoms with E-state index in [1.54, 1.807) is 11.3 Å². The zero-order chi connectivity index (χ0) is 8.23. The molecule has 0 aliphatic carbocycles. The van der Waals surface area contributed by atoms with E-state index in [1.807, 2.05) is 11.6 Å². The van der Waals surface area contributed by atoms with Crippen LogP contribution in [-0.4, -0.2) is 23.0 Å². The maximum atomic E-state index is 4.18. The molecule has 2 heterocycles. The van der Waals surface area contributed by atoms with Crippen molar-refractivity contribution in [1.82, 2.24) is 4.98 Å². The van der Waals surface area contributed by atoms with Crippen LogP contribution >= 0.6 is 23.1 Å². The fourth-order valence-electron chi connectivity index (χ4n) is 1.29. The van der Waals surface area contributed by atoms with Gasteiger partial charge >= 0.3 is 0 Å². The van der Waals surface area contributed by atoms with Crippen LogP contribution in [0.4, 0.5) is 5.13 Å². The molecule has 0 radical (unpaired) electrons. The molecular weight excluding hydrogens is 188 g/mol. The second-order valence-electron chi connectivity index (χ2n) is 2.95. The van der Waals surface area contributed by atoms with E-state index in [1.165, 1.54) is 17.9 Å². The second-order valence-corrected chi connectivity index (χ2v) is 4.99. The van der Waals surface area contributed by atoms with Crippen molar-refractivity contribution in [2.45, 2.75) is 6.42 Å². The van der Waals surface area contributed by atoms with Gasteiger partial charge in [0.15, 0.2) is 5.13 Å². The van der Waals surface area contributed by atoms with Crippen LogP contribution in [0.5, 0.6) is 0 Å². The van der Waals surface area contributed by atoms with Gasteiger partial charge in [0.25, 0.3) is 0 Å². The zero-order valence-corrected chi connectivity index (χ0v) is 8.46. The molecule has 0 amide bonds. The normalized spacial score (nSPS) is 22.8. The molecule has 2 nitrogen and oxygen atoms in total. The molecule has 66 valence electrons. The van der Waals surface area contributed by atoms with Gasteiger partial charge < -0.3 is 5.32 Å². The van der Waals surface area contributed by atoms with E-state index in [0.29, 0.717) is 0 Å². The van der Waals surface area contributed by atoms with Gasteiger partial charge in [-0.3, -0.25) is 0 Å². The van der Waals surface area contributed by atoms with Gasteiger partial charge in [-0.05, 0) is 23.8 Å². The Kier molecular flexibility index (Phi) is 2.89. The molecule has 12 heavy (non-hydrogen) atoms. The van der Waals surface area contributed by atoms with Crippen molar-refractivity contribution in [3.8, 4) is 0 Å². The first-order valence-electron chi connectivity index (χ1n) is 4.16. The van der Waals surface area contributed by atoms with Gasteiger partial charge in [0, 0.05) is 18.1 Å². The molecule has 2 rings (SSSR count). The summed E-state index contributed by atoms with van der Waals surface area (Å²) >= 11 is 3.74. The van der Waals surface area contributed by atoms with Crippen LogP contribution in [0.15, 0.2) is 11.6 Å². The Balaban J connectivity index is 1.74. The Bertz CT molecular complexity index is 217. The third kappa shape index (κ3) is 2.14. The molecular formula is C8H12N2S2. The molecule has 1 aromatic rings. The van der Waals surface area contributed by atoms with E-state index in [2.05, 4.69) is 22.1 Å². The lowest BCUT2D eigenvalue weighted by molar-refractivity contribution is 0.631. The monoisotopic (exact) mass is 200 g/mol. The van der Waals surface area contributed by atoms with E-state index in [-0.39, 0.29) is 0 Å². The number of anilines is 1. The summed E-state index contributed by atoms with van der Waals surface area (Å²) in [4.78, 5) is 4.18. The van der Waals surface area contributed by atoms with Gasteiger partial charge in [-0.1, -0.05) is 0 Å². The van der Waals surface area contributed by atoms with Gasteiger partial charge in [0.1, 0.15) is 0 Å².